The van der Waals surface area contributed by atoms with E-state index in [9.17, 15) is 0 Å². The molecule has 5 nitrogen and oxygen atoms in total. The van der Waals surface area contributed by atoms with Crippen molar-refractivity contribution in [2.75, 3.05) is 37.0 Å². The molecule has 1 aliphatic heterocycles. The molecule has 2 fully saturated rings. The maximum absolute atomic E-state index is 6.08. The molecular weight excluding hydrogens is 288 g/mol. The molecule has 122 valence electrons. The zero-order valence-electron chi connectivity index (χ0n) is 13.9. The summed E-state index contributed by atoms with van der Waals surface area (Å²) >= 11 is 0. The summed E-state index contributed by atoms with van der Waals surface area (Å²) in [5, 5.41) is 4.37. The third-order valence-electron chi connectivity index (χ3n) is 4.99. The summed E-state index contributed by atoms with van der Waals surface area (Å²) in [6.07, 6.45) is 7.92. The van der Waals surface area contributed by atoms with Crippen LogP contribution in [0.25, 0.3) is 10.9 Å². The Labute approximate surface area is 137 Å². The van der Waals surface area contributed by atoms with Crippen LogP contribution < -0.4 is 10.2 Å². The van der Waals surface area contributed by atoms with Gasteiger partial charge in [0.25, 0.3) is 0 Å². The number of aromatic nitrogens is 2. The van der Waals surface area contributed by atoms with Crippen LogP contribution in [0, 0.1) is 12.8 Å². The molecule has 2 aromatic rings. The molecule has 4 rings (SSSR count). The van der Waals surface area contributed by atoms with E-state index in [1.165, 1.54) is 23.9 Å². The first-order valence-corrected chi connectivity index (χ1v) is 8.55. The van der Waals surface area contributed by atoms with Crippen LogP contribution in [0.3, 0.4) is 0 Å². The molecule has 1 saturated carbocycles. The lowest BCUT2D eigenvalue weighted by Crippen LogP contribution is -2.23. The second-order valence-electron chi connectivity index (χ2n) is 6.71. The van der Waals surface area contributed by atoms with Gasteiger partial charge in [0, 0.05) is 49.6 Å². The lowest BCUT2D eigenvalue weighted by molar-refractivity contribution is 0.0605. The maximum atomic E-state index is 6.08. The Balaban J connectivity index is 1.60. The van der Waals surface area contributed by atoms with Gasteiger partial charge >= 0.3 is 0 Å². The van der Waals surface area contributed by atoms with E-state index in [1.807, 2.05) is 19.4 Å². The monoisotopic (exact) mass is 312 g/mol. The highest BCUT2D eigenvalue weighted by Crippen LogP contribution is 2.34. The molecule has 1 N–H and O–H groups in total. The third-order valence-corrected chi connectivity index (χ3v) is 4.99. The number of ether oxygens (including phenoxy) is 1. The van der Waals surface area contributed by atoms with Crippen LogP contribution in [-0.4, -0.2) is 42.8 Å². The predicted octanol–water partition coefficient (Wildman–Crippen LogP) is 2.99. The minimum Gasteiger partial charge on any atom is -0.376 e. The molecule has 0 amide bonds. The second-order valence-corrected chi connectivity index (χ2v) is 6.71. The lowest BCUT2D eigenvalue weighted by atomic mass is 10.1. The van der Waals surface area contributed by atoms with Crippen molar-refractivity contribution in [1.29, 1.82) is 0 Å². The fourth-order valence-corrected chi connectivity index (χ4v) is 3.45. The average molecular weight is 312 g/mol. The van der Waals surface area contributed by atoms with Crippen LogP contribution in [0.5, 0.6) is 0 Å². The van der Waals surface area contributed by atoms with Gasteiger partial charge in [-0.2, -0.15) is 0 Å². The fraction of sp³-hybridized carbons (Fsp3) is 0.556. The number of nitrogens with zero attached hydrogens (tertiary/aromatic N) is 3. The van der Waals surface area contributed by atoms with Gasteiger partial charge in [0.2, 0.25) is 0 Å². The largest absolute Gasteiger partial charge is 0.376 e. The van der Waals surface area contributed by atoms with Crippen molar-refractivity contribution in [3.8, 4) is 0 Å². The summed E-state index contributed by atoms with van der Waals surface area (Å²) in [6, 6.07) is 2.12. The molecule has 1 atom stereocenters. The molecule has 0 bridgehead atoms. The molecule has 1 aliphatic carbocycles. The molecule has 0 aromatic carbocycles. The van der Waals surface area contributed by atoms with Gasteiger partial charge in [-0.15, -0.1) is 0 Å². The minimum absolute atomic E-state index is 0.365. The van der Waals surface area contributed by atoms with Crippen molar-refractivity contribution < 1.29 is 4.74 Å². The van der Waals surface area contributed by atoms with Crippen LogP contribution >= 0.6 is 0 Å². The van der Waals surface area contributed by atoms with E-state index in [0.717, 1.165) is 48.9 Å². The zero-order chi connectivity index (χ0) is 15.8. The maximum Gasteiger partial charge on any atom is 0.129 e. The molecular formula is C18H24N4O. The van der Waals surface area contributed by atoms with Crippen molar-refractivity contribution >= 4 is 22.4 Å². The number of fused-ring (bicyclic) bond motifs is 1. The van der Waals surface area contributed by atoms with Crippen LogP contribution in [0.1, 0.15) is 24.8 Å². The summed E-state index contributed by atoms with van der Waals surface area (Å²) in [6.45, 7) is 5.08. The summed E-state index contributed by atoms with van der Waals surface area (Å²) in [5.41, 5.74) is 3.38. The Hall–Kier alpha value is -1.88. The van der Waals surface area contributed by atoms with E-state index in [1.54, 1.807) is 0 Å². The molecule has 5 heteroatoms. The van der Waals surface area contributed by atoms with Crippen molar-refractivity contribution in [1.82, 2.24) is 9.97 Å². The fourth-order valence-electron chi connectivity index (χ4n) is 3.45. The number of anilines is 2. The summed E-state index contributed by atoms with van der Waals surface area (Å²) in [7, 11) is 1.91. The standard InChI is InChI=1S/C18H24N4O/c1-12-17-15(9-21-18(12)19-2)20-7-5-16(17)22-8-6-14(10-22)23-11-13-3-4-13/h5,7,9,13-14H,3-4,6,8,10-11H2,1-2H3,(H,19,21). The number of hydrogen-bond donors (Lipinski definition) is 1. The van der Waals surface area contributed by atoms with Gasteiger partial charge in [-0.25, -0.2) is 4.98 Å². The number of rotatable bonds is 5. The number of aryl methyl sites for hydroxylation is 1. The zero-order valence-corrected chi connectivity index (χ0v) is 13.9. The summed E-state index contributed by atoms with van der Waals surface area (Å²) in [5.74, 6) is 1.75. The Kier molecular flexibility index (Phi) is 3.81. The van der Waals surface area contributed by atoms with Crippen molar-refractivity contribution in [3.63, 3.8) is 0 Å². The normalized spacial score (nSPS) is 21.1. The molecule has 3 heterocycles. The van der Waals surface area contributed by atoms with E-state index < -0.39 is 0 Å². The van der Waals surface area contributed by atoms with Gasteiger partial charge in [0.15, 0.2) is 0 Å². The Bertz CT molecular complexity index is 713. The molecule has 2 aromatic heterocycles. The van der Waals surface area contributed by atoms with Crippen molar-refractivity contribution in [3.05, 3.63) is 24.0 Å². The molecule has 23 heavy (non-hydrogen) atoms. The van der Waals surface area contributed by atoms with Gasteiger partial charge in [-0.3, -0.25) is 4.98 Å². The number of nitrogens with one attached hydrogen (secondary N) is 1. The van der Waals surface area contributed by atoms with Crippen molar-refractivity contribution in [2.45, 2.75) is 32.3 Å². The first-order chi connectivity index (χ1) is 11.3. The van der Waals surface area contributed by atoms with Crippen LogP contribution in [0.15, 0.2) is 18.5 Å². The summed E-state index contributed by atoms with van der Waals surface area (Å²) < 4.78 is 6.08. The van der Waals surface area contributed by atoms with Gasteiger partial charge in [0.05, 0.1) is 17.8 Å². The van der Waals surface area contributed by atoms with Crippen LogP contribution in [0.4, 0.5) is 11.5 Å². The van der Waals surface area contributed by atoms with E-state index in [4.69, 9.17) is 4.74 Å². The lowest BCUT2D eigenvalue weighted by Gasteiger charge is -2.22. The van der Waals surface area contributed by atoms with Crippen LogP contribution in [0.2, 0.25) is 0 Å². The van der Waals surface area contributed by atoms with Crippen molar-refractivity contribution in [2.24, 2.45) is 5.92 Å². The smallest absolute Gasteiger partial charge is 0.129 e. The predicted molar refractivity (Wildman–Crippen MR) is 93.1 cm³/mol. The molecule has 0 radical (unpaired) electrons. The van der Waals surface area contributed by atoms with Crippen LogP contribution in [-0.2, 0) is 4.74 Å². The SMILES string of the molecule is CNc1ncc2nccc(N3CCC(OCC4CC4)C3)c2c1C. The highest BCUT2D eigenvalue weighted by molar-refractivity contribution is 5.96. The van der Waals surface area contributed by atoms with E-state index in [-0.39, 0.29) is 0 Å². The number of pyridine rings is 2. The third kappa shape index (κ3) is 2.85. The summed E-state index contributed by atoms with van der Waals surface area (Å²) in [4.78, 5) is 11.4. The van der Waals surface area contributed by atoms with E-state index >= 15 is 0 Å². The Morgan fingerprint density at radius 2 is 2.17 bits per heavy atom. The first-order valence-electron chi connectivity index (χ1n) is 8.55. The highest BCUT2D eigenvalue weighted by Gasteiger charge is 2.28. The van der Waals surface area contributed by atoms with Gasteiger partial charge in [-0.1, -0.05) is 0 Å². The highest BCUT2D eigenvalue weighted by atomic mass is 16.5. The van der Waals surface area contributed by atoms with Gasteiger partial charge in [0.1, 0.15) is 5.82 Å². The van der Waals surface area contributed by atoms with Gasteiger partial charge in [-0.05, 0) is 38.2 Å². The molecule has 2 aliphatic rings. The number of hydrogen-bond acceptors (Lipinski definition) is 5. The van der Waals surface area contributed by atoms with Gasteiger partial charge < -0.3 is 15.0 Å². The van der Waals surface area contributed by atoms with E-state index in [0.29, 0.717) is 6.10 Å². The Morgan fingerprint density at radius 3 is 2.96 bits per heavy atom. The first kappa shape index (κ1) is 14.7. The quantitative estimate of drug-likeness (QED) is 0.920. The minimum atomic E-state index is 0.365. The Morgan fingerprint density at radius 1 is 1.30 bits per heavy atom. The average Bonchev–Trinajstić information content (AvgIpc) is 3.29. The molecule has 0 spiro atoms. The second kappa shape index (κ2) is 5.96. The van der Waals surface area contributed by atoms with E-state index in [2.05, 4.69) is 33.2 Å². The topological polar surface area (TPSA) is 50.3 Å². The molecule has 1 saturated heterocycles. The molecule has 1 unspecified atom stereocenters.